The molecule has 0 radical (unpaired) electrons. The van der Waals surface area contributed by atoms with Crippen molar-refractivity contribution in [2.75, 3.05) is 20.0 Å². The second kappa shape index (κ2) is 4.50. The molecule has 4 nitrogen and oxygen atoms in total. The average molecular weight is 307 g/mol. The molecule has 76 valence electrons. The van der Waals surface area contributed by atoms with E-state index in [0.717, 1.165) is 3.57 Å². The van der Waals surface area contributed by atoms with Gasteiger partial charge in [0.05, 0.1) is 25.5 Å². The van der Waals surface area contributed by atoms with Gasteiger partial charge in [-0.2, -0.15) is 0 Å². The Balaban J connectivity index is 3.29. The number of methoxy groups -OCH3 is 2. The van der Waals surface area contributed by atoms with Crippen LogP contribution in [0.4, 0.5) is 5.69 Å². The summed E-state index contributed by atoms with van der Waals surface area (Å²) in [6.45, 7) is 0. The summed E-state index contributed by atoms with van der Waals surface area (Å²) in [5.41, 5.74) is 6.35. The Morgan fingerprint density at radius 1 is 1.43 bits per heavy atom. The number of anilines is 1. The Bertz CT molecular complexity index is 365. The van der Waals surface area contributed by atoms with Crippen LogP contribution in [0.2, 0.25) is 0 Å². The Labute approximate surface area is 95.5 Å². The molecule has 1 rings (SSSR count). The molecule has 0 unspecified atom stereocenters. The second-order valence-corrected chi connectivity index (χ2v) is 3.81. The first-order chi connectivity index (χ1) is 6.60. The van der Waals surface area contributed by atoms with Gasteiger partial charge in [0.1, 0.15) is 5.75 Å². The SMILES string of the molecule is COC(=O)c1cc(I)cc(OC)c1N. The van der Waals surface area contributed by atoms with Gasteiger partial charge in [-0.05, 0) is 34.7 Å². The number of halogens is 1. The largest absolute Gasteiger partial charge is 0.495 e. The summed E-state index contributed by atoms with van der Waals surface area (Å²) in [5, 5.41) is 0. The second-order valence-electron chi connectivity index (χ2n) is 2.56. The first kappa shape index (κ1) is 11.1. The number of hydrogen-bond donors (Lipinski definition) is 1. The zero-order chi connectivity index (χ0) is 10.7. The van der Waals surface area contributed by atoms with Crippen molar-refractivity contribution in [1.29, 1.82) is 0 Å². The molecule has 2 N–H and O–H groups in total. The molecule has 1 aromatic rings. The van der Waals surface area contributed by atoms with E-state index < -0.39 is 5.97 Å². The average Bonchev–Trinajstić information content (AvgIpc) is 2.19. The van der Waals surface area contributed by atoms with E-state index in [1.165, 1.54) is 14.2 Å². The highest BCUT2D eigenvalue weighted by atomic mass is 127. The van der Waals surface area contributed by atoms with Crippen molar-refractivity contribution >= 4 is 34.2 Å². The minimum absolute atomic E-state index is 0.305. The van der Waals surface area contributed by atoms with E-state index in [2.05, 4.69) is 27.3 Å². The third kappa shape index (κ3) is 2.09. The molecular formula is C9H10INO3. The maximum Gasteiger partial charge on any atom is 0.340 e. The first-order valence-electron chi connectivity index (χ1n) is 3.81. The molecule has 0 saturated carbocycles. The number of carbonyl (C=O) groups excluding carboxylic acids is 1. The van der Waals surface area contributed by atoms with Gasteiger partial charge in [0, 0.05) is 3.57 Å². The lowest BCUT2D eigenvalue weighted by Gasteiger charge is -2.09. The fourth-order valence-electron chi connectivity index (χ4n) is 1.04. The van der Waals surface area contributed by atoms with Crippen molar-refractivity contribution in [1.82, 2.24) is 0 Å². The number of esters is 1. The zero-order valence-electron chi connectivity index (χ0n) is 7.83. The predicted molar refractivity (Wildman–Crippen MR) is 61.5 cm³/mol. The smallest absolute Gasteiger partial charge is 0.340 e. The Morgan fingerprint density at radius 2 is 2.07 bits per heavy atom. The molecule has 0 atom stereocenters. The normalized spacial score (nSPS) is 9.64. The molecular weight excluding hydrogens is 297 g/mol. The summed E-state index contributed by atoms with van der Waals surface area (Å²) in [7, 11) is 2.82. The van der Waals surface area contributed by atoms with E-state index in [1.807, 2.05) is 0 Å². The molecule has 0 spiro atoms. The van der Waals surface area contributed by atoms with Gasteiger partial charge in [-0.1, -0.05) is 0 Å². The summed E-state index contributed by atoms with van der Waals surface area (Å²) >= 11 is 2.08. The highest BCUT2D eigenvalue weighted by Crippen LogP contribution is 2.28. The molecule has 0 heterocycles. The summed E-state index contributed by atoms with van der Waals surface area (Å²) in [4.78, 5) is 11.3. The number of nitrogens with two attached hydrogens (primary N) is 1. The summed E-state index contributed by atoms with van der Waals surface area (Å²) < 4.78 is 10.5. The van der Waals surface area contributed by atoms with E-state index in [1.54, 1.807) is 12.1 Å². The van der Waals surface area contributed by atoms with Gasteiger partial charge >= 0.3 is 5.97 Å². The molecule has 1 aromatic carbocycles. The number of benzene rings is 1. The third-order valence-electron chi connectivity index (χ3n) is 1.73. The lowest BCUT2D eigenvalue weighted by atomic mass is 10.1. The van der Waals surface area contributed by atoms with Crippen molar-refractivity contribution in [3.63, 3.8) is 0 Å². The molecule has 0 aliphatic rings. The topological polar surface area (TPSA) is 61.5 Å². The van der Waals surface area contributed by atoms with Crippen molar-refractivity contribution < 1.29 is 14.3 Å². The van der Waals surface area contributed by atoms with Crippen LogP contribution < -0.4 is 10.5 Å². The van der Waals surface area contributed by atoms with Crippen LogP contribution in [0.5, 0.6) is 5.75 Å². The van der Waals surface area contributed by atoms with Gasteiger partial charge in [0.15, 0.2) is 0 Å². The van der Waals surface area contributed by atoms with E-state index in [-0.39, 0.29) is 0 Å². The van der Waals surface area contributed by atoms with E-state index in [4.69, 9.17) is 10.5 Å². The number of nitrogen functional groups attached to an aromatic ring is 1. The highest BCUT2D eigenvalue weighted by molar-refractivity contribution is 14.1. The zero-order valence-corrected chi connectivity index (χ0v) is 9.99. The van der Waals surface area contributed by atoms with Crippen molar-refractivity contribution in [2.45, 2.75) is 0 Å². The predicted octanol–water partition coefficient (Wildman–Crippen LogP) is 1.67. The third-order valence-corrected chi connectivity index (χ3v) is 2.35. The maximum absolute atomic E-state index is 11.3. The molecule has 0 aliphatic heterocycles. The minimum Gasteiger partial charge on any atom is -0.495 e. The van der Waals surface area contributed by atoms with E-state index in [9.17, 15) is 4.79 Å². The number of rotatable bonds is 2. The van der Waals surface area contributed by atoms with Gasteiger partial charge in [-0.15, -0.1) is 0 Å². The van der Waals surface area contributed by atoms with Crippen LogP contribution in [0.3, 0.4) is 0 Å². The molecule has 14 heavy (non-hydrogen) atoms. The molecule has 0 aromatic heterocycles. The van der Waals surface area contributed by atoms with Gasteiger partial charge in [0.2, 0.25) is 0 Å². The van der Waals surface area contributed by atoms with Crippen LogP contribution in [-0.4, -0.2) is 20.2 Å². The lowest BCUT2D eigenvalue weighted by molar-refractivity contribution is 0.0601. The van der Waals surface area contributed by atoms with Gasteiger partial charge in [0.25, 0.3) is 0 Å². The Morgan fingerprint density at radius 3 is 2.57 bits per heavy atom. The highest BCUT2D eigenvalue weighted by Gasteiger charge is 2.14. The summed E-state index contributed by atoms with van der Waals surface area (Å²) in [5.74, 6) is 0.0246. The Kier molecular flexibility index (Phi) is 3.56. The van der Waals surface area contributed by atoms with Crippen molar-refractivity contribution in [3.8, 4) is 5.75 Å². The molecule has 0 aliphatic carbocycles. The molecule has 0 amide bonds. The first-order valence-corrected chi connectivity index (χ1v) is 4.89. The molecule has 0 fully saturated rings. The van der Waals surface area contributed by atoms with Crippen LogP contribution in [0.1, 0.15) is 10.4 Å². The van der Waals surface area contributed by atoms with Gasteiger partial charge in [-0.3, -0.25) is 0 Å². The lowest BCUT2D eigenvalue weighted by Crippen LogP contribution is -2.07. The van der Waals surface area contributed by atoms with Crippen LogP contribution in [-0.2, 0) is 4.74 Å². The standard InChI is InChI=1S/C9H10INO3/c1-13-7-4-5(10)3-6(8(7)11)9(12)14-2/h3-4H,11H2,1-2H3. The van der Waals surface area contributed by atoms with Crippen LogP contribution in [0.15, 0.2) is 12.1 Å². The maximum atomic E-state index is 11.3. The quantitative estimate of drug-likeness (QED) is 0.513. The monoisotopic (exact) mass is 307 g/mol. The molecule has 0 saturated heterocycles. The van der Waals surface area contributed by atoms with Gasteiger partial charge in [-0.25, -0.2) is 4.79 Å². The van der Waals surface area contributed by atoms with Crippen LogP contribution in [0.25, 0.3) is 0 Å². The summed E-state index contributed by atoms with van der Waals surface area (Å²) in [6, 6.07) is 3.41. The summed E-state index contributed by atoms with van der Waals surface area (Å²) in [6.07, 6.45) is 0. The number of carbonyl (C=O) groups is 1. The molecule has 0 bridgehead atoms. The number of ether oxygens (including phenoxy) is 2. The number of hydrogen-bond acceptors (Lipinski definition) is 4. The van der Waals surface area contributed by atoms with Crippen molar-refractivity contribution in [3.05, 3.63) is 21.3 Å². The fraction of sp³-hybridized carbons (Fsp3) is 0.222. The molecule has 5 heteroatoms. The van der Waals surface area contributed by atoms with Crippen molar-refractivity contribution in [2.24, 2.45) is 0 Å². The van der Waals surface area contributed by atoms with Crippen LogP contribution >= 0.6 is 22.6 Å². The van der Waals surface area contributed by atoms with Gasteiger partial charge < -0.3 is 15.2 Å². The Hall–Kier alpha value is -0.980. The fourth-order valence-corrected chi connectivity index (χ4v) is 1.63. The minimum atomic E-state index is -0.459. The van der Waals surface area contributed by atoms with Crippen LogP contribution in [0, 0.1) is 3.57 Å². The van der Waals surface area contributed by atoms with E-state index in [0.29, 0.717) is 17.0 Å². The van der Waals surface area contributed by atoms with E-state index >= 15 is 0 Å².